The molecule has 0 aliphatic carbocycles. The average molecular weight is 702 g/mol. The Hall–Kier alpha value is -4.65. The van der Waals surface area contributed by atoms with Crippen LogP contribution in [0.1, 0.15) is 80.6 Å². The molecule has 0 spiro atoms. The summed E-state index contributed by atoms with van der Waals surface area (Å²) in [6.07, 6.45) is 6.71. The van der Waals surface area contributed by atoms with E-state index >= 15 is 4.39 Å². The number of nitrogens with zero attached hydrogens (tertiary/aromatic N) is 6. The SMILES string of the molecule is Cc1cccc(C)c1-c1nc2nc(c1F)OC[C@@H](CCC(C)(C)C)N(Cc1cncc(N3CCC[C@H]3C)n1)C(=O)c1cccc(c1)S(=O)(=O)N2. The molecule has 2 aliphatic rings. The van der Waals surface area contributed by atoms with Gasteiger partial charge in [-0.15, -0.1) is 0 Å². The van der Waals surface area contributed by atoms with Crippen molar-refractivity contribution < 1.29 is 22.3 Å². The molecule has 11 nitrogen and oxygen atoms in total. The fraction of sp³-hybridized carbons (Fsp3) is 0.432. The molecule has 1 fully saturated rings. The van der Waals surface area contributed by atoms with Gasteiger partial charge in [-0.3, -0.25) is 9.78 Å². The van der Waals surface area contributed by atoms with E-state index in [0.717, 1.165) is 36.3 Å². The standard InChI is InChI=1S/C37H44FN7O4S/c1-23-10-7-11-24(2)31(23)33-32(38)34-42-36(41-33)43-50(47,48)29-14-8-13-26(18-29)35(46)45(28(22-49-34)15-16-37(4,5)6)21-27-19-39-20-30(40-27)44-17-9-12-25(44)3/h7-8,10-11,13-14,18-20,25,28H,9,12,15-17,21-22H2,1-6H3,(H,41,42,43)/t25-,28-/m1/s1. The maximum atomic E-state index is 16.4. The van der Waals surface area contributed by atoms with Crippen molar-refractivity contribution in [3.05, 3.63) is 83.1 Å². The molecule has 2 aliphatic heterocycles. The molecule has 2 atom stereocenters. The number of carbonyl (C=O) groups excluding carboxylic acids is 1. The van der Waals surface area contributed by atoms with Crippen molar-refractivity contribution in [2.24, 2.45) is 5.41 Å². The number of hydrogen-bond acceptors (Lipinski definition) is 9. The van der Waals surface area contributed by atoms with Crippen molar-refractivity contribution in [3.8, 4) is 17.1 Å². The van der Waals surface area contributed by atoms with Crippen LogP contribution >= 0.6 is 0 Å². The lowest BCUT2D eigenvalue weighted by molar-refractivity contribution is 0.0546. The lowest BCUT2D eigenvalue weighted by Gasteiger charge is -2.33. The lowest BCUT2D eigenvalue weighted by Crippen LogP contribution is -2.44. The summed E-state index contributed by atoms with van der Waals surface area (Å²) in [5, 5.41) is 0. The molecule has 6 rings (SSSR count). The van der Waals surface area contributed by atoms with Crippen LogP contribution in [0, 0.1) is 25.1 Å². The van der Waals surface area contributed by atoms with Crippen molar-refractivity contribution in [2.45, 2.75) is 90.7 Å². The second-order valence-electron chi connectivity index (χ2n) is 14.5. The molecule has 50 heavy (non-hydrogen) atoms. The van der Waals surface area contributed by atoms with Crippen LogP contribution in [0.5, 0.6) is 5.88 Å². The van der Waals surface area contributed by atoms with Crippen LogP contribution in [0.15, 0.2) is 59.8 Å². The van der Waals surface area contributed by atoms with Gasteiger partial charge in [0.25, 0.3) is 21.8 Å². The Balaban J connectivity index is 1.49. The van der Waals surface area contributed by atoms with Gasteiger partial charge >= 0.3 is 0 Å². The van der Waals surface area contributed by atoms with Crippen LogP contribution in [-0.4, -0.2) is 64.4 Å². The highest BCUT2D eigenvalue weighted by Crippen LogP contribution is 2.34. The van der Waals surface area contributed by atoms with Crippen LogP contribution in [0.3, 0.4) is 0 Å². The molecular weight excluding hydrogens is 658 g/mol. The first-order valence-electron chi connectivity index (χ1n) is 17.0. The molecule has 1 amide bonds. The molecule has 2 aromatic heterocycles. The quantitative estimate of drug-likeness (QED) is 0.233. The smallest absolute Gasteiger partial charge is 0.264 e. The topological polar surface area (TPSA) is 131 Å². The molecule has 1 saturated heterocycles. The van der Waals surface area contributed by atoms with Gasteiger partial charge in [0.05, 0.1) is 35.6 Å². The second-order valence-corrected chi connectivity index (χ2v) is 16.1. The minimum absolute atomic E-state index is 0.0699. The minimum atomic E-state index is -4.31. The van der Waals surface area contributed by atoms with E-state index in [4.69, 9.17) is 9.72 Å². The largest absolute Gasteiger partial charge is 0.473 e. The van der Waals surface area contributed by atoms with E-state index in [1.165, 1.54) is 18.2 Å². The third kappa shape index (κ3) is 7.57. The zero-order valence-electron chi connectivity index (χ0n) is 29.4. The van der Waals surface area contributed by atoms with Gasteiger partial charge in [0.15, 0.2) is 0 Å². The molecular formula is C37H44FN7O4S. The van der Waals surface area contributed by atoms with E-state index in [1.54, 1.807) is 23.4 Å². The molecule has 264 valence electrons. The summed E-state index contributed by atoms with van der Waals surface area (Å²) >= 11 is 0. The van der Waals surface area contributed by atoms with Crippen molar-refractivity contribution >= 4 is 27.7 Å². The van der Waals surface area contributed by atoms with E-state index in [0.29, 0.717) is 30.1 Å². The van der Waals surface area contributed by atoms with Gasteiger partial charge in [0.1, 0.15) is 18.1 Å². The molecule has 4 bridgehead atoms. The van der Waals surface area contributed by atoms with Gasteiger partial charge in [0.2, 0.25) is 11.8 Å². The Morgan fingerprint density at radius 3 is 2.48 bits per heavy atom. The summed E-state index contributed by atoms with van der Waals surface area (Å²) in [6.45, 7) is 13.0. The van der Waals surface area contributed by atoms with Gasteiger partial charge in [0, 0.05) is 23.7 Å². The second kappa shape index (κ2) is 13.9. The third-order valence-electron chi connectivity index (χ3n) is 9.35. The number of amides is 1. The van der Waals surface area contributed by atoms with E-state index in [9.17, 15) is 13.2 Å². The third-order valence-corrected chi connectivity index (χ3v) is 10.7. The predicted molar refractivity (Wildman–Crippen MR) is 190 cm³/mol. The fourth-order valence-electron chi connectivity index (χ4n) is 6.59. The Kier molecular flexibility index (Phi) is 9.80. The Morgan fingerprint density at radius 1 is 1.04 bits per heavy atom. The average Bonchev–Trinajstić information content (AvgIpc) is 3.50. The number of aromatic nitrogens is 4. The van der Waals surface area contributed by atoms with Crippen molar-refractivity contribution in [2.75, 3.05) is 22.8 Å². The first kappa shape index (κ1) is 35.2. The minimum Gasteiger partial charge on any atom is -0.473 e. The maximum Gasteiger partial charge on any atom is 0.264 e. The molecule has 13 heteroatoms. The number of fused-ring (bicyclic) bond motifs is 4. The molecule has 4 aromatic rings. The summed E-state index contributed by atoms with van der Waals surface area (Å²) in [5.41, 5.74) is 2.56. The van der Waals surface area contributed by atoms with E-state index in [1.807, 2.05) is 32.0 Å². The molecule has 0 unspecified atom stereocenters. The number of carbonyl (C=O) groups is 1. The van der Waals surface area contributed by atoms with Crippen LogP contribution < -0.4 is 14.4 Å². The Morgan fingerprint density at radius 2 is 1.78 bits per heavy atom. The first-order valence-corrected chi connectivity index (χ1v) is 18.5. The van der Waals surface area contributed by atoms with Crippen LogP contribution in [0.25, 0.3) is 11.3 Å². The maximum absolute atomic E-state index is 16.4. The number of hydrogen-bond donors (Lipinski definition) is 1. The summed E-state index contributed by atoms with van der Waals surface area (Å²) in [5.74, 6) is -1.27. The number of halogens is 1. The van der Waals surface area contributed by atoms with Gasteiger partial charge in [-0.1, -0.05) is 45.0 Å². The summed E-state index contributed by atoms with van der Waals surface area (Å²) in [6, 6.07) is 11.1. The van der Waals surface area contributed by atoms with Gasteiger partial charge in [-0.25, -0.2) is 23.1 Å². The van der Waals surface area contributed by atoms with Gasteiger partial charge < -0.3 is 14.5 Å². The van der Waals surface area contributed by atoms with E-state index in [2.05, 4.69) is 52.3 Å². The van der Waals surface area contributed by atoms with Crippen molar-refractivity contribution in [3.63, 3.8) is 0 Å². The number of benzene rings is 2. The van der Waals surface area contributed by atoms with Gasteiger partial charge in [-0.2, -0.15) is 9.37 Å². The number of aryl methyl sites for hydroxylation is 2. The highest BCUT2D eigenvalue weighted by atomic mass is 32.2. The van der Waals surface area contributed by atoms with E-state index < -0.39 is 33.7 Å². The zero-order chi connectivity index (χ0) is 35.8. The van der Waals surface area contributed by atoms with Crippen LogP contribution in [0.4, 0.5) is 16.2 Å². The molecule has 1 N–H and O–H groups in total. The van der Waals surface area contributed by atoms with Crippen molar-refractivity contribution in [1.82, 2.24) is 24.8 Å². The van der Waals surface area contributed by atoms with Crippen LogP contribution in [-0.2, 0) is 16.6 Å². The highest BCUT2D eigenvalue weighted by molar-refractivity contribution is 7.92. The van der Waals surface area contributed by atoms with Crippen molar-refractivity contribution in [1.29, 1.82) is 0 Å². The summed E-state index contributed by atoms with van der Waals surface area (Å²) in [4.78, 5) is 36.2. The van der Waals surface area contributed by atoms with E-state index in [-0.39, 0.29) is 40.7 Å². The number of rotatable bonds is 6. The number of ether oxygens (including phenoxy) is 1. The first-order chi connectivity index (χ1) is 23.7. The monoisotopic (exact) mass is 701 g/mol. The summed E-state index contributed by atoms with van der Waals surface area (Å²) < 4.78 is 52.4. The number of sulfonamides is 1. The summed E-state index contributed by atoms with van der Waals surface area (Å²) in [7, 11) is -4.31. The normalized spacial score (nSPS) is 19.2. The van der Waals surface area contributed by atoms with Gasteiger partial charge in [-0.05, 0) is 81.2 Å². The fourth-order valence-corrected chi connectivity index (χ4v) is 7.58. The number of nitrogens with one attached hydrogen (secondary N) is 1. The predicted octanol–water partition coefficient (Wildman–Crippen LogP) is 6.71. The lowest BCUT2D eigenvalue weighted by atomic mass is 9.88. The number of anilines is 2. The van der Waals surface area contributed by atoms with Crippen LogP contribution in [0.2, 0.25) is 0 Å². The Labute approximate surface area is 293 Å². The molecule has 2 aromatic carbocycles. The molecule has 0 radical (unpaired) electrons. The Bertz CT molecular complexity index is 2000. The highest BCUT2D eigenvalue weighted by Gasteiger charge is 2.32. The molecule has 4 heterocycles. The zero-order valence-corrected chi connectivity index (χ0v) is 30.2. The molecule has 0 saturated carbocycles.